The normalized spacial score (nSPS) is 15.1. The van der Waals surface area contributed by atoms with Crippen LogP contribution in [0.3, 0.4) is 0 Å². The Morgan fingerprint density at radius 1 is 1.21 bits per heavy atom. The summed E-state index contributed by atoms with van der Waals surface area (Å²) in [7, 11) is 1.68. The van der Waals surface area contributed by atoms with Crippen LogP contribution >= 0.6 is 0 Å². The Bertz CT molecular complexity index is 594. The number of para-hydroxylation sites is 1. The predicted molar refractivity (Wildman–Crippen MR) is 74.4 cm³/mol. The van der Waals surface area contributed by atoms with Gasteiger partial charge in [-0.15, -0.1) is 0 Å². The minimum Gasteiger partial charge on any atom is -0.496 e. The third-order valence-corrected chi connectivity index (χ3v) is 3.40. The molecule has 0 aliphatic carbocycles. The Hall–Kier alpha value is -1.94. The van der Waals surface area contributed by atoms with Crippen LogP contribution in [0.5, 0.6) is 5.75 Å². The maximum Gasteiger partial charge on any atom is 0.134 e. The standard InChI is InChI=1S/C15H17N3O/c1-10-7-13(12-5-3-4-6-14(12)19-2)18-15(17-10)11-8-16-9-11/h3-7,11,16H,8-9H2,1-2H3. The van der Waals surface area contributed by atoms with Crippen LogP contribution in [0.2, 0.25) is 0 Å². The maximum absolute atomic E-state index is 5.41. The summed E-state index contributed by atoms with van der Waals surface area (Å²) in [5.74, 6) is 2.21. The van der Waals surface area contributed by atoms with E-state index in [0.29, 0.717) is 5.92 Å². The molecule has 1 aliphatic rings. The van der Waals surface area contributed by atoms with E-state index in [1.807, 2.05) is 37.3 Å². The second-order valence-corrected chi connectivity index (χ2v) is 4.81. The van der Waals surface area contributed by atoms with Crippen LogP contribution < -0.4 is 10.1 Å². The zero-order chi connectivity index (χ0) is 13.2. The van der Waals surface area contributed by atoms with E-state index in [1.165, 1.54) is 0 Å². The molecule has 0 bridgehead atoms. The molecule has 4 nitrogen and oxygen atoms in total. The van der Waals surface area contributed by atoms with Gasteiger partial charge >= 0.3 is 0 Å². The summed E-state index contributed by atoms with van der Waals surface area (Å²) in [6.07, 6.45) is 0. The number of aromatic nitrogens is 2. The first kappa shape index (κ1) is 12.1. The van der Waals surface area contributed by atoms with Gasteiger partial charge in [-0.25, -0.2) is 9.97 Å². The number of aryl methyl sites for hydroxylation is 1. The molecule has 0 spiro atoms. The number of hydrogen-bond donors (Lipinski definition) is 1. The first-order valence-electron chi connectivity index (χ1n) is 6.47. The zero-order valence-electron chi connectivity index (χ0n) is 11.2. The molecule has 1 aromatic carbocycles. The highest BCUT2D eigenvalue weighted by molar-refractivity contribution is 5.67. The van der Waals surface area contributed by atoms with Crippen molar-refractivity contribution in [3.8, 4) is 17.0 Å². The van der Waals surface area contributed by atoms with Gasteiger partial charge in [0.1, 0.15) is 11.6 Å². The van der Waals surface area contributed by atoms with Gasteiger partial charge in [0.15, 0.2) is 0 Å². The molecule has 0 radical (unpaired) electrons. The Labute approximate surface area is 112 Å². The summed E-state index contributed by atoms with van der Waals surface area (Å²) < 4.78 is 5.41. The molecule has 0 unspecified atom stereocenters. The van der Waals surface area contributed by atoms with Gasteiger partial charge in [0, 0.05) is 30.3 Å². The molecule has 4 heteroatoms. The molecule has 0 saturated carbocycles. The van der Waals surface area contributed by atoms with Crippen molar-refractivity contribution >= 4 is 0 Å². The smallest absolute Gasteiger partial charge is 0.134 e. The number of nitrogens with zero attached hydrogens (tertiary/aromatic N) is 2. The molecule has 0 amide bonds. The summed E-state index contributed by atoms with van der Waals surface area (Å²) in [5.41, 5.74) is 2.95. The summed E-state index contributed by atoms with van der Waals surface area (Å²) >= 11 is 0. The van der Waals surface area contributed by atoms with Gasteiger partial charge in [-0.1, -0.05) is 12.1 Å². The molecule has 1 aliphatic heterocycles. The monoisotopic (exact) mass is 255 g/mol. The van der Waals surface area contributed by atoms with Crippen LogP contribution in [-0.4, -0.2) is 30.2 Å². The maximum atomic E-state index is 5.41. The SMILES string of the molecule is COc1ccccc1-c1cc(C)nc(C2CNC2)n1. The lowest BCUT2D eigenvalue weighted by Gasteiger charge is -2.26. The van der Waals surface area contributed by atoms with Gasteiger partial charge in [0.25, 0.3) is 0 Å². The van der Waals surface area contributed by atoms with Crippen molar-refractivity contribution in [2.24, 2.45) is 0 Å². The molecule has 1 fully saturated rings. The lowest BCUT2D eigenvalue weighted by atomic mass is 10.0. The van der Waals surface area contributed by atoms with Crippen LogP contribution in [0.4, 0.5) is 0 Å². The first-order valence-corrected chi connectivity index (χ1v) is 6.47. The fraction of sp³-hybridized carbons (Fsp3) is 0.333. The fourth-order valence-electron chi connectivity index (χ4n) is 2.24. The highest BCUT2D eigenvalue weighted by Gasteiger charge is 2.22. The topological polar surface area (TPSA) is 47.0 Å². The number of nitrogens with one attached hydrogen (secondary N) is 1. The van der Waals surface area contributed by atoms with Crippen LogP contribution in [0.25, 0.3) is 11.3 Å². The molecular weight excluding hydrogens is 238 g/mol. The van der Waals surface area contributed by atoms with E-state index in [1.54, 1.807) is 7.11 Å². The van der Waals surface area contributed by atoms with Crippen molar-refractivity contribution in [3.63, 3.8) is 0 Å². The molecule has 2 heterocycles. The number of hydrogen-bond acceptors (Lipinski definition) is 4. The van der Waals surface area contributed by atoms with E-state index in [0.717, 1.165) is 41.6 Å². The summed E-state index contributed by atoms with van der Waals surface area (Å²) in [4.78, 5) is 9.25. The minimum absolute atomic E-state index is 0.438. The van der Waals surface area contributed by atoms with E-state index in [2.05, 4.69) is 10.3 Å². The quantitative estimate of drug-likeness (QED) is 0.913. The predicted octanol–water partition coefficient (Wildman–Crippen LogP) is 2.15. The molecule has 98 valence electrons. The van der Waals surface area contributed by atoms with Crippen molar-refractivity contribution in [3.05, 3.63) is 41.9 Å². The van der Waals surface area contributed by atoms with Crippen LogP contribution in [-0.2, 0) is 0 Å². The average Bonchev–Trinajstić information content (AvgIpc) is 2.36. The van der Waals surface area contributed by atoms with Gasteiger partial charge in [0.2, 0.25) is 0 Å². The van der Waals surface area contributed by atoms with E-state index in [-0.39, 0.29) is 0 Å². The van der Waals surface area contributed by atoms with Crippen molar-refractivity contribution in [1.82, 2.24) is 15.3 Å². The number of rotatable bonds is 3. The Balaban J connectivity index is 2.06. The molecule has 3 rings (SSSR count). The summed E-state index contributed by atoms with van der Waals surface area (Å²) in [6.45, 7) is 3.94. The molecular formula is C15H17N3O. The second kappa shape index (κ2) is 4.97. The number of methoxy groups -OCH3 is 1. The highest BCUT2D eigenvalue weighted by atomic mass is 16.5. The average molecular weight is 255 g/mol. The van der Waals surface area contributed by atoms with Gasteiger partial charge in [-0.2, -0.15) is 0 Å². The first-order chi connectivity index (χ1) is 9.28. The largest absolute Gasteiger partial charge is 0.496 e. The van der Waals surface area contributed by atoms with Crippen molar-refractivity contribution < 1.29 is 4.74 Å². The number of ether oxygens (including phenoxy) is 1. The minimum atomic E-state index is 0.438. The second-order valence-electron chi connectivity index (χ2n) is 4.81. The van der Waals surface area contributed by atoms with Crippen molar-refractivity contribution in [2.45, 2.75) is 12.8 Å². The van der Waals surface area contributed by atoms with Crippen molar-refractivity contribution in [2.75, 3.05) is 20.2 Å². The van der Waals surface area contributed by atoms with Crippen LogP contribution in [0.15, 0.2) is 30.3 Å². The van der Waals surface area contributed by atoms with Gasteiger partial charge < -0.3 is 10.1 Å². The van der Waals surface area contributed by atoms with Gasteiger partial charge in [0.05, 0.1) is 12.8 Å². The number of benzene rings is 1. The molecule has 2 aromatic rings. The molecule has 19 heavy (non-hydrogen) atoms. The Kier molecular flexibility index (Phi) is 3.17. The lowest BCUT2D eigenvalue weighted by molar-refractivity contribution is 0.415. The molecule has 0 atom stereocenters. The third kappa shape index (κ3) is 2.31. The zero-order valence-corrected chi connectivity index (χ0v) is 11.2. The van der Waals surface area contributed by atoms with Gasteiger partial charge in [-0.05, 0) is 25.1 Å². The molecule has 1 aromatic heterocycles. The Morgan fingerprint density at radius 3 is 2.68 bits per heavy atom. The van der Waals surface area contributed by atoms with E-state index >= 15 is 0 Å². The van der Waals surface area contributed by atoms with E-state index in [9.17, 15) is 0 Å². The Morgan fingerprint density at radius 2 is 2.00 bits per heavy atom. The highest BCUT2D eigenvalue weighted by Crippen LogP contribution is 2.29. The van der Waals surface area contributed by atoms with Crippen LogP contribution in [0.1, 0.15) is 17.4 Å². The fourth-order valence-corrected chi connectivity index (χ4v) is 2.24. The third-order valence-electron chi connectivity index (χ3n) is 3.40. The van der Waals surface area contributed by atoms with E-state index in [4.69, 9.17) is 9.72 Å². The summed E-state index contributed by atoms with van der Waals surface area (Å²) in [6, 6.07) is 9.96. The summed E-state index contributed by atoms with van der Waals surface area (Å²) in [5, 5.41) is 3.26. The van der Waals surface area contributed by atoms with E-state index < -0.39 is 0 Å². The molecule has 1 saturated heterocycles. The molecule has 1 N–H and O–H groups in total. The van der Waals surface area contributed by atoms with Crippen LogP contribution in [0, 0.1) is 6.92 Å². The lowest BCUT2D eigenvalue weighted by Crippen LogP contribution is -2.41. The van der Waals surface area contributed by atoms with Crippen molar-refractivity contribution in [1.29, 1.82) is 0 Å². The van der Waals surface area contributed by atoms with Gasteiger partial charge in [-0.3, -0.25) is 0 Å².